The molecule has 1 amide bonds. The van der Waals surface area contributed by atoms with Crippen molar-refractivity contribution < 1.29 is 19.8 Å². The molecule has 3 atom stereocenters. The third kappa shape index (κ3) is 2.17. The van der Waals surface area contributed by atoms with Gasteiger partial charge in [-0.25, -0.2) is 5.01 Å². The topological polar surface area (TPSA) is 90.2 Å². The lowest BCUT2D eigenvalue weighted by atomic mass is 10.0. The number of carboxylic acid groups (broad SMARTS) is 1. The van der Waals surface area contributed by atoms with Gasteiger partial charge in [0, 0.05) is 5.71 Å². The summed E-state index contributed by atoms with van der Waals surface area (Å²) < 4.78 is 0. The van der Waals surface area contributed by atoms with Gasteiger partial charge in [0.05, 0.1) is 24.5 Å². The number of nitrogens with zero attached hydrogens (tertiary/aromatic N) is 2. The van der Waals surface area contributed by atoms with Gasteiger partial charge in [0.2, 0.25) is 0 Å². The first-order valence-electron chi connectivity index (χ1n) is 5.78. The highest BCUT2D eigenvalue weighted by Gasteiger charge is 2.42. The average Bonchev–Trinajstić information content (AvgIpc) is 2.76. The van der Waals surface area contributed by atoms with E-state index in [1.807, 2.05) is 0 Å². The predicted molar refractivity (Wildman–Crippen MR) is 59.3 cm³/mol. The van der Waals surface area contributed by atoms with Crippen LogP contribution in [-0.4, -0.2) is 45.0 Å². The summed E-state index contributed by atoms with van der Waals surface area (Å²) in [6.45, 7) is 1.66. The number of hydrazone groups is 1. The highest BCUT2D eigenvalue weighted by molar-refractivity contribution is 6.08. The molecule has 0 bridgehead atoms. The molecule has 0 aromatic carbocycles. The number of rotatable bonds is 3. The van der Waals surface area contributed by atoms with E-state index in [-0.39, 0.29) is 18.4 Å². The van der Waals surface area contributed by atoms with E-state index in [0.717, 1.165) is 12.8 Å². The van der Waals surface area contributed by atoms with Gasteiger partial charge in [0.1, 0.15) is 0 Å². The molecule has 0 spiro atoms. The fourth-order valence-corrected chi connectivity index (χ4v) is 2.48. The molecule has 1 aliphatic heterocycles. The van der Waals surface area contributed by atoms with Gasteiger partial charge in [-0.2, -0.15) is 5.10 Å². The van der Waals surface area contributed by atoms with Crippen LogP contribution in [0, 0.1) is 5.92 Å². The monoisotopic (exact) mass is 240 g/mol. The molecule has 94 valence electrons. The minimum atomic E-state index is -1.01. The summed E-state index contributed by atoms with van der Waals surface area (Å²) in [5, 5.41) is 23.9. The Balaban J connectivity index is 2.12. The summed E-state index contributed by atoms with van der Waals surface area (Å²) in [4.78, 5) is 22.7. The zero-order chi connectivity index (χ0) is 12.6. The number of carboxylic acids is 1. The zero-order valence-corrected chi connectivity index (χ0v) is 9.67. The van der Waals surface area contributed by atoms with Gasteiger partial charge < -0.3 is 10.2 Å². The fourth-order valence-electron chi connectivity index (χ4n) is 2.48. The second-order valence-corrected chi connectivity index (χ2v) is 4.64. The lowest BCUT2D eigenvalue weighted by Gasteiger charge is -2.23. The van der Waals surface area contributed by atoms with Crippen molar-refractivity contribution in [1.29, 1.82) is 0 Å². The maximum Gasteiger partial charge on any atom is 0.304 e. The van der Waals surface area contributed by atoms with E-state index in [1.165, 1.54) is 5.01 Å². The quantitative estimate of drug-likeness (QED) is 0.737. The number of aliphatic carboxylic acids is 1. The number of hydrogen-bond acceptors (Lipinski definition) is 4. The van der Waals surface area contributed by atoms with Crippen molar-refractivity contribution >= 4 is 17.6 Å². The molecule has 0 aromatic rings. The van der Waals surface area contributed by atoms with E-state index in [4.69, 9.17) is 5.11 Å². The standard InChI is InChI=1S/C11H16N2O4/c1-6-7(5-10(15)16)11(17)13(12-6)8-3-2-4-9(8)14/h7-9,14H,2-5H2,1H3,(H,15,16). The molecule has 0 aromatic heterocycles. The van der Waals surface area contributed by atoms with Crippen molar-refractivity contribution in [3.63, 3.8) is 0 Å². The Morgan fingerprint density at radius 3 is 2.76 bits per heavy atom. The minimum Gasteiger partial charge on any atom is -0.481 e. The number of hydrogen-bond donors (Lipinski definition) is 2. The molecule has 1 aliphatic carbocycles. The van der Waals surface area contributed by atoms with Crippen molar-refractivity contribution in [1.82, 2.24) is 5.01 Å². The van der Waals surface area contributed by atoms with Crippen molar-refractivity contribution in [2.75, 3.05) is 0 Å². The molecule has 6 heteroatoms. The molecule has 2 N–H and O–H groups in total. The molecule has 0 saturated heterocycles. The summed E-state index contributed by atoms with van der Waals surface area (Å²) in [5.74, 6) is -1.97. The van der Waals surface area contributed by atoms with E-state index in [9.17, 15) is 14.7 Å². The van der Waals surface area contributed by atoms with Crippen LogP contribution in [0.2, 0.25) is 0 Å². The fraction of sp³-hybridized carbons (Fsp3) is 0.727. The maximum absolute atomic E-state index is 12.0. The highest BCUT2D eigenvalue weighted by Crippen LogP contribution is 2.30. The summed E-state index contributed by atoms with van der Waals surface area (Å²) in [6, 6.07) is -0.281. The van der Waals surface area contributed by atoms with Crippen LogP contribution in [-0.2, 0) is 9.59 Å². The van der Waals surface area contributed by atoms with Gasteiger partial charge in [-0.15, -0.1) is 0 Å². The van der Waals surface area contributed by atoms with Crippen molar-refractivity contribution in [3.05, 3.63) is 0 Å². The van der Waals surface area contributed by atoms with E-state index >= 15 is 0 Å². The van der Waals surface area contributed by atoms with E-state index in [2.05, 4.69) is 5.10 Å². The van der Waals surface area contributed by atoms with Crippen LogP contribution in [0.15, 0.2) is 5.10 Å². The van der Waals surface area contributed by atoms with Gasteiger partial charge in [0.15, 0.2) is 0 Å². The first kappa shape index (κ1) is 12.0. The first-order chi connectivity index (χ1) is 8.00. The molecule has 2 aliphatic rings. The van der Waals surface area contributed by atoms with Gasteiger partial charge in [0.25, 0.3) is 5.91 Å². The van der Waals surface area contributed by atoms with Crippen LogP contribution in [0.1, 0.15) is 32.6 Å². The third-order valence-corrected chi connectivity index (χ3v) is 3.43. The van der Waals surface area contributed by atoms with Gasteiger partial charge in [-0.05, 0) is 26.2 Å². The van der Waals surface area contributed by atoms with Gasteiger partial charge >= 0.3 is 5.97 Å². The molecule has 3 unspecified atom stereocenters. The SMILES string of the molecule is CC1=NN(C2CCCC2O)C(=O)C1CC(=O)O. The Labute approximate surface area is 98.9 Å². The lowest BCUT2D eigenvalue weighted by molar-refractivity contribution is -0.143. The molecule has 17 heavy (non-hydrogen) atoms. The van der Waals surface area contributed by atoms with Crippen LogP contribution in [0.25, 0.3) is 0 Å². The normalized spacial score (nSPS) is 33.1. The molecule has 6 nitrogen and oxygen atoms in total. The van der Waals surface area contributed by atoms with Crippen LogP contribution in [0.3, 0.4) is 0 Å². The van der Waals surface area contributed by atoms with Crippen LogP contribution < -0.4 is 0 Å². The summed E-state index contributed by atoms with van der Waals surface area (Å²) in [7, 11) is 0. The first-order valence-corrected chi connectivity index (χ1v) is 5.78. The van der Waals surface area contributed by atoms with Crippen LogP contribution in [0.4, 0.5) is 0 Å². The average molecular weight is 240 g/mol. The molecule has 1 saturated carbocycles. The largest absolute Gasteiger partial charge is 0.481 e. The molecular weight excluding hydrogens is 224 g/mol. The second kappa shape index (κ2) is 4.44. The molecular formula is C11H16N2O4. The van der Waals surface area contributed by atoms with Crippen molar-refractivity contribution in [2.24, 2.45) is 11.0 Å². The number of carbonyl (C=O) groups is 2. The predicted octanol–water partition coefficient (Wildman–Crippen LogP) is 0.209. The van der Waals surface area contributed by atoms with E-state index < -0.39 is 18.0 Å². The van der Waals surface area contributed by atoms with Crippen molar-refractivity contribution in [3.8, 4) is 0 Å². The number of aliphatic hydroxyl groups excluding tert-OH is 1. The zero-order valence-electron chi connectivity index (χ0n) is 9.67. The van der Waals surface area contributed by atoms with E-state index in [0.29, 0.717) is 12.1 Å². The Morgan fingerprint density at radius 2 is 2.24 bits per heavy atom. The van der Waals surface area contributed by atoms with E-state index in [1.54, 1.807) is 6.92 Å². The number of aliphatic hydroxyl groups is 1. The lowest BCUT2D eigenvalue weighted by Crippen LogP contribution is -2.40. The Hall–Kier alpha value is -1.43. The smallest absolute Gasteiger partial charge is 0.304 e. The molecule has 2 rings (SSSR count). The summed E-state index contributed by atoms with van der Waals surface area (Å²) >= 11 is 0. The molecule has 0 radical (unpaired) electrons. The van der Waals surface area contributed by atoms with Crippen molar-refractivity contribution in [2.45, 2.75) is 44.8 Å². The van der Waals surface area contributed by atoms with Crippen LogP contribution >= 0.6 is 0 Å². The molecule has 1 fully saturated rings. The Bertz CT molecular complexity index is 380. The number of carbonyl (C=O) groups excluding carboxylic acids is 1. The highest BCUT2D eigenvalue weighted by atomic mass is 16.4. The molecule has 1 heterocycles. The third-order valence-electron chi connectivity index (χ3n) is 3.43. The second-order valence-electron chi connectivity index (χ2n) is 4.64. The Morgan fingerprint density at radius 1 is 1.53 bits per heavy atom. The van der Waals surface area contributed by atoms with Gasteiger partial charge in [-0.3, -0.25) is 9.59 Å². The summed E-state index contributed by atoms with van der Waals surface area (Å²) in [6.07, 6.45) is 1.50. The van der Waals surface area contributed by atoms with Gasteiger partial charge in [-0.1, -0.05) is 0 Å². The maximum atomic E-state index is 12.0. The summed E-state index contributed by atoms with van der Waals surface area (Å²) in [5.41, 5.74) is 0.525. The minimum absolute atomic E-state index is 0.229. The number of amides is 1. The Kier molecular flexibility index (Phi) is 3.15. The van der Waals surface area contributed by atoms with Crippen LogP contribution in [0.5, 0.6) is 0 Å².